The molecule has 29 heavy (non-hydrogen) atoms. The molecular weight excluding hydrogens is 396 g/mol. The van der Waals surface area contributed by atoms with E-state index in [4.69, 9.17) is 16.4 Å². The second kappa shape index (κ2) is 6.52. The van der Waals surface area contributed by atoms with Crippen LogP contribution in [0, 0.1) is 0 Å². The zero-order chi connectivity index (χ0) is 20.1. The Hall–Kier alpha value is -3.52. The molecular formula is C20H13ClN4O4. The van der Waals surface area contributed by atoms with Gasteiger partial charge in [-0.15, -0.1) is 5.10 Å². The van der Waals surface area contributed by atoms with Crippen LogP contribution in [0.25, 0.3) is 5.69 Å². The molecule has 1 aliphatic carbocycles. The fourth-order valence-corrected chi connectivity index (χ4v) is 3.41. The molecule has 2 aromatic carbocycles. The van der Waals surface area contributed by atoms with E-state index in [1.54, 1.807) is 36.4 Å². The van der Waals surface area contributed by atoms with Gasteiger partial charge in [0.25, 0.3) is 17.6 Å². The summed E-state index contributed by atoms with van der Waals surface area (Å²) in [5.41, 5.74) is 0.945. The summed E-state index contributed by atoms with van der Waals surface area (Å²) in [4.78, 5) is 46.8. The van der Waals surface area contributed by atoms with E-state index in [0.717, 1.165) is 12.8 Å². The highest BCUT2D eigenvalue weighted by molar-refractivity contribution is 6.32. The lowest BCUT2D eigenvalue weighted by molar-refractivity contribution is -0.0592. The Kier molecular flexibility index (Phi) is 3.95. The third-order valence-corrected chi connectivity index (χ3v) is 5.09. The molecule has 0 radical (unpaired) electrons. The Labute approximate surface area is 169 Å². The standard InChI is InChI=1S/C20H13ClN4O4/c21-14-7-3-4-8-15(14)24-17(11-9-10-11)22-16(23-24)20(28)29-25-18(26)12-5-1-2-6-13(12)19(25)27/h1-8,11H,9-10H2. The van der Waals surface area contributed by atoms with Gasteiger partial charge in [-0.3, -0.25) is 9.59 Å². The Morgan fingerprint density at radius 1 is 1.00 bits per heavy atom. The molecule has 0 N–H and O–H groups in total. The molecule has 1 saturated carbocycles. The number of benzene rings is 2. The van der Waals surface area contributed by atoms with Crippen molar-refractivity contribution >= 4 is 29.4 Å². The van der Waals surface area contributed by atoms with Crippen molar-refractivity contribution in [1.29, 1.82) is 0 Å². The molecule has 1 fully saturated rings. The van der Waals surface area contributed by atoms with Gasteiger partial charge in [-0.2, -0.15) is 0 Å². The number of rotatable bonds is 4. The maximum absolute atomic E-state index is 12.6. The van der Waals surface area contributed by atoms with E-state index >= 15 is 0 Å². The molecule has 3 aromatic rings. The zero-order valence-corrected chi connectivity index (χ0v) is 15.7. The van der Waals surface area contributed by atoms with Gasteiger partial charge in [0.05, 0.1) is 21.8 Å². The Bertz CT molecular complexity index is 1150. The van der Waals surface area contributed by atoms with Gasteiger partial charge in [-0.25, -0.2) is 14.5 Å². The van der Waals surface area contributed by atoms with Crippen LogP contribution in [0.4, 0.5) is 0 Å². The SMILES string of the molecule is O=C(ON1C(=O)c2ccccc2C1=O)c1nc(C2CC2)n(-c2ccccc2Cl)n1. The lowest BCUT2D eigenvalue weighted by atomic mass is 10.1. The predicted octanol–water partition coefficient (Wildman–Crippen LogP) is 3.17. The minimum atomic E-state index is -0.993. The van der Waals surface area contributed by atoms with Crippen molar-refractivity contribution in [1.82, 2.24) is 19.8 Å². The van der Waals surface area contributed by atoms with Gasteiger partial charge in [-0.05, 0) is 37.1 Å². The smallest absolute Gasteiger partial charge is 0.321 e. The molecule has 5 rings (SSSR count). The molecule has 2 heterocycles. The maximum Gasteiger partial charge on any atom is 0.403 e. The number of aromatic nitrogens is 3. The summed E-state index contributed by atoms with van der Waals surface area (Å²) in [6.07, 6.45) is 1.85. The Morgan fingerprint density at radius 2 is 1.62 bits per heavy atom. The zero-order valence-electron chi connectivity index (χ0n) is 14.9. The highest BCUT2D eigenvalue weighted by Crippen LogP contribution is 2.40. The molecule has 0 bridgehead atoms. The van der Waals surface area contributed by atoms with Gasteiger partial charge in [0.15, 0.2) is 0 Å². The van der Waals surface area contributed by atoms with E-state index in [-0.39, 0.29) is 22.9 Å². The highest BCUT2D eigenvalue weighted by Gasteiger charge is 2.40. The average Bonchev–Trinajstić information content (AvgIpc) is 3.44. The normalized spacial score (nSPS) is 15.6. The van der Waals surface area contributed by atoms with E-state index in [0.29, 0.717) is 21.6 Å². The average molecular weight is 409 g/mol. The van der Waals surface area contributed by atoms with Crippen LogP contribution in [0.3, 0.4) is 0 Å². The van der Waals surface area contributed by atoms with Crippen molar-refractivity contribution in [3.63, 3.8) is 0 Å². The lowest BCUT2D eigenvalue weighted by Crippen LogP contribution is -2.33. The van der Waals surface area contributed by atoms with Gasteiger partial charge in [-0.1, -0.05) is 40.9 Å². The molecule has 1 aromatic heterocycles. The number of carbonyl (C=O) groups is 3. The summed E-state index contributed by atoms with van der Waals surface area (Å²) in [5, 5.41) is 5.14. The third kappa shape index (κ3) is 2.89. The summed E-state index contributed by atoms with van der Waals surface area (Å²) in [5.74, 6) is -1.89. The quantitative estimate of drug-likeness (QED) is 0.615. The second-order valence-electron chi connectivity index (χ2n) is 6.76. The first-order valence-electron chi connectivity index (χ1n) is 8.96. The first-order valence-corrected chi connectivity index (χ1v) is 9.34. The van der Waals surface area contributed by atoms with Crippen LogP contribution >= 0.6 is 11.6 Å². The summed E-state index contributed by atoms with van der Waals surface area (Å²) in [7, 11) is 0. The molecule has 0 atom stereocenters. The maximum atomic E-state index is 12.6. The fourth-order valence-electron chi connectivity index (χ4n) is 3.19. The van der Waals surface area contributed by atoms with Crippen molar-refractivity contribution in [3.8, 4) is 5.69 Å². The number of fused-ring (bicyclic) bond motifs is 1. The number of halogens is 1. The number of hydroxylamine groups is 2. The van der Waals surface area contributed by atoms with E-state index in [9.17, 15) is 14.4 Å². The second-order valence-corrected chi connectivity index (χ2v) is 7.17. The number of carbonyl (C=O) groups excluding carboxylic acids is 3. The minimum absolute atomic E-state index is 0.166. The number of hydrogen-bond acceptors (Lipinski definition) is 6. The Balaban J connectivity index is 1.46. The predicted molar refractivity (Wildman–Crippen MR) is 101 cm³/mol. The molecule has 1 aliphatic heterocycles. The molecule has 2 aliphatic rings. The van der Waals surface area contributed by atoms with Crippen molar-refractivity contribution < 1.29 is 19.2 Å². The van der Waals surface area contributed by atoms with Crippen molar-refractivity contribution in [2.75, 3.05) is 0 Å². The summed E-state index contributed by atoms with van der Waals surface area (Å²) in [6, 6.07) is 13.3. The first kappa shape index (κ1) is 17.6. The van der Waals surface area contributed by atoms with E-state index in [1.807, 2.05) is 0 Å². The number of para-hydroxylation sites is 1. The first-order chi connectivity index (χ1) is 14.0. The molecule has 9 heteroatoms. The third-order valence-electron chi connectivity index (χ3n) is 4.77. The Morgan fingerprint density at radius 3 is 2.24 bits per heavy atom. The van der Waals surface area contributed by atoms with E-state index in [2.05, 4.69) is 10.1 Å². The molecule has 0 saturated heterocycles. The van der Waals surface area contributed by atoms with Gasteiger partial charge in [0, 0.05) is 5.92 Å². The summed E-state index contributed by atoms with van der Waals surface area (Å²) >= 11 is 6.27. The molecule has 0 unspecified atom stereocenters. The summed E-state index contributed by atoms with van der Waals surface area (Å²) in [6.45, 7) is 0. The lowest BCUT2D eigenvalue weighted by Gasteiger charge is -2.10. The van der Waals surface area contributed by atoms with Gasteiger partial charge in [0.2, 0.25) is 0 Å². The van der Waals surface area contributed by atoms with Crippen molar-refractivity contribution in [2.45, 2.75) is 18.8 Å². The van der Waals surface area contributed by atoms with Crippen LogP contribution in [-0.2, 0) is 4.84 Å². The van der Waals surface area contributed by atoms with Crippen LogP contribution in [0.2, 0.25) is 5.02 Å². The number of imide groups is 1. The number of amides is 2. The molecule has 8 nitrogen and oxygen atoms in total. The van der Waals surface area contributed by atoms with Crippen molar-refractivity contribution in [2.24, 2.45) is 0 Å². The van der Waals surface area contributed by atoms with Crippen LogP contribution in [-0.4, -0.2) is 37.6 Å². The van der Waals surface area contributed by atoms with Gasteiger partial charge in [0.1, 0.15) is 5.82 Å². The number of nitrogens with zero attached hydrogens (tertiary/aromatic N) is 4. The summed E-state index contributed by atoms with van der Waals surface area (Å²) < 4.78 is 1.51. The highest BCUT2D eigenvalue weighted by atomic mass is 35.5. The molecule has 144 valence electrons. The van der Waals surface area contributed by atoms with Gasteiger partial charge >= 0.3 is 5.97 Å². The topological polar surface area (TPSA) is 94.4 Å². The number of hydrogen-bond donors (Lipinski definition) is 0. The van der Waals surface area contributed by atoms with Gasteiger partial charge < -0.3 is 4.84 Å². The van der Waals surface area contributed by atoms with E-state index in [1.165, 1.54) is 16.8 Å². The fraction of sp³-hybridized carbons (Fsp3) is 0.150. The molecule has 0 spiro atoms. The van der Waals surface area contributed by atoms with Crippen LogP contribution in [0.5, 0.6) is 0 Å². The van der Waals surface area contributed by atoms with Crippen LogP contribution in [0.1, 0.15) is 55.9 Å². The van der Waals surface area contributed by atoms with Crippen LogP contribution in [0.15, 0.2) is 48.5 Å². The minimum Gasteiger partial charge on any atom is -0.321 e. The molecule has 2 amide bonds. The van der Waals surface area contributed by atoms with Crippen LogP contribution < -0.4 is 0 Å². The van der Waals surface area contributed by atoms with Crippen molar-refractivity contribution in [3.05, 3.63) is 76.3 Å². The monoisotopic (exact) mass is 408 g/mol. The largest absolute Gasteiger partial charge is 0.403 e. The van der Waals surface area contributed by atoms with E-state index < -0.39 is 17.8 Å².